The predicted octanol–water partition coefficient (Wildman–Crippen LogP) is 4.29. The number of thiazole rings is 1. The lowest BCUT2D eigenvalue weighted by atomic mass is 10.1. The third-order valence-corrected chi connectivity index (χ3v) is 5.40. The predicted molar refractivity (Wildman–Crippen MR) is 107 cm³/mol. The average Bonchev–Trinajstić information content (AvgIpc) is 3.24. The highest BCUT2D eigenvalue weighted by molar-refractivity contribution is 7.13. The zero-order valence-electron chi connectivity index (χ0n) is 15.9. The van der Waals surface area contributed by atoms with Gasteiger partial charge in [-0.3, -0.25) is 4.79 Å². The van der Waals surface area contributed by atoms with Crippen LogP contribution in [0.4, 0.5) is 0 Å². The number of carbonyl (C=O) groups excluding carboxylic acids is 1. The molecule has 0 fully saturated rings. The van der Waals surface area contributed by atoms with Crippen molar-refractivity contribution in [3.63, 3.8) is 0 Å². The lowest BCUT2D eigenvalue weighted by Gasteiger charge is -2.16. The monoisotopic (exact) mass is 398 g/mol. The summed E-state index contributed by atoms with van der Waals surface area (Å²) in [4.78, 5) is 17.0. The Bertz CT molecular complexity index is 978. The summed E-state index contributed by atoms with van der Waals surface area (Å²) in [6.45, 7) is 5.14. The maximum Gasteiger partial charge on any atom is 0.226 e. The number of ether oxygens (including phenoxy) is 2. The van der Waals surface area contributed by atoms with Gasteiger partial charge >= 0.3 is 0 Å². The van der Waals surface area contributed by atoms with Gasteiger partial charge in [0.2, 0.25) is 5.91 Å². The maximum atomic E-state index is 12.5. The Hall–Kier alpha value is -2.80. The van der Waals surface area contributed by atoms with Gasteiger partial charge in [-0.05, 0) is 43.7 Å². The van der Waals surface area contributed by atoms with E-state index < -0.39 is 0 Å². The normalized spacial score (nSPS) is 14.4. The van der Waals surface area contributed by atoms with Crippen molar-refractivity contribution in [2.75, 3.05) is 13.2 Å². The number of hydrogen-bond donors (Lipinski definition) is 1. The lowest BCUT2D eigenvalue weighted by Crippen LogP contribution is -2.28. The molecule has 0 saturated carbocycles. The van der Waals surface area contributed by atoms with Crippen LogP contribution in [0.25, 0.3) is 10.8 Å². The standard InChI is InChI=1S/C21H22N2O4S/c1-13-4-6-18(27-13)21-23-16(12-28-21)11-20(24)22-14(2)15-5-7-17-19(10-15)26-9-3-8-25-17/h4-7,10,12,14H,3,8-9,11H2,1-2H3,(H,22,24). The number of nitrogens with one attached hydrogen (secondary N) is 1. The van der Waals surface area contributed by atoms with Crippen molar-refractivity contribution in [3.8, 4) is 22.3 Å². The Morgan fingerprint density at radius 3 is 2.82 bits per heavy atom. The summed E-state index contributed by atoms with van der Waals surface area (Å²) in [5, 5.41) is 5.70. The summed E-state index contributed by atoms with van der Waals surface area (Å²) in [6, 6.07) is 9.45. The van der Waals surface area contributed by atoms with Gasteiger partial charge in [-0.2, -0.15) is 0 Å². The summed E-state index contributed by atoms with van der Waals surface area (Å²) in [7, 11) is 0. The van der Waals surface area contributed by atoms with Gasteiger partial charge in [0.05, 0.1) is 31.4 Å². The summed E-state index contributed by atoms with van der Waals surface area (Å²) in [5.41, 5.74) is 1.71. The molecule has 2 aromatic heterocycles. The van der Waals surface area contributed by atoms with Crippen LogP contribution in [0.1, 0.15) is 36.4 Å². The van der Waals surface area contributed by atoms with Crippen molar-refractivity contribution in [1.29, 1.82) is 0 Å². The number of nitrogens with zero attached hydrogens (tertiary/aromatic N) is 1. The SMILES string of the molecule is Cc1ccc(-c2nc(CC(=O)NC(C)c3ccc4c(c3)OCCCO4)cs2)o1. The molecule has 4 rings (SSSR count). The van der Waals surface area contributed by atoms with E-state index in [4.69, 9.17) is 13.9 Å². The van der Waals surface area contributed by atoms with Gasteiger partial charge in [0.1, 0.15) is 5.76 Å². The number of carbonyl (C=O) groups is 1. The molecule has 0 bridgehead atoms. The topological polar surface area (TPSA) is 73.6 Å². The quantitative estimate of drug-likeness (QED) is 0.694. The van der Waals surface area contributed by atoms with Crippen LogP contribution in [-0.2, 0) is 11.2 Å². The third-order valence-electron chi connectivity index (χ3n) is 4.49. The minimum absolute atomic E-state index is 0.0768. The molecule has 28 heavy (non-hydrogen) atoms. The highest BCUT2D eigenvalue weighted by atomic mass is 32.1. The van der Waals surface area contributed by atoms with Crippen molar-refractivity contribution < 1.29 is 18.7 Å². The summed E-state index contributed by atoms with van der Waals surface area (Å²) < 4.78 is 17.0. The first-order valence-electron chi connectivity index (χ1n) is 9.28. The van der Waals surface area contributed by atoms with E-state index in [0.717, 1.165) is 45.7 Å². The van der Waals surface area contributed by atoms with E-state index in [-0.39, 0.29) is 18.4 Å². The molecule has 0 radical (unpaired) electrons. The molecule has 1 N–H and O–H groups in total. The molecule has 146 valence electrons. The summed E-state index contributed by atoms with van der Waals surface area (Å²) in [5.74, 6) is 2.98. The fourth-order valence-corrected chi connectivity index (χ4v) is 3.82. The Kier molecular flexibility index (Phi) is 5.34. The fraction of sp³-hybridized carbons (Fsp3) is 0.333. The molecule has 1 atom stereocenters. The molecule has 3 heterocycles. The molecule has 1 aliphatic rings. The number of rotatable bonds is 5. The van der Waals surface area contributed by atoms with Crippen LogP contribution >= 0.6 is 11.3 Å². The first-order chi connectivity index (χ1) is 13.6. The van der Waals surface area contributed by atoms with E-state index in [9.17, 15) is 4.79 Å². The fourth-order valence-electron chi connectivity index (χ4n) is 3.04. The number of amides is 1. The van der Waals surface area contributed by atoms with Crippen LogP contribution in [-0.4, -0.2) is 24.1 Å². The van der Waals surface area contributed by atoms with Crippen LogP contribution in [0, 0.1) is 6.92 Å². The first kappa shape index (κ1) is 18.6. The third kappa shape index (κ3) is 4.20. The molecule has 0 saturated heterocycles. The Morgan fingerprint density at radius 1 is 1.21 bits per heavy atom. The molecule has 1 aliphatic heterocycles. The number of furan rings is 1. The van der Waals surface area contributed by atoms with Crippen LogP contribution < -0.4 is 14.8 Å². The van der Waals surface area contributed by atoms with Crippen molar-refractivity contribution in [2.24, 2.45) is 0 Å². The van der Waals surface area contributed by atoms with Gasteiger partial charge in [-0.25, -0.2) is 4.98 Å². The molecule has 7 heteroatoms. The number of aryl methyl sites for hydroxylation is 1. The molecule has 0 spiro atoms. The van der Waals surface area contributed by atoms with Gasteiger partial charge in [0, 0.05) is 11.8 Å². The second kappa shape index (κ2) is 8.06. The smallest absolute Gasteiger partial charge is 0.226 e. The molecule has 1 amide bonds. The zero-order valence-corrected chi connectivity index (χ0v) is 16.7. The Labute approximate surface area is 167 Å². The van der Waals surface area contributed by atoms with Crippen LogP contribution in [0.15, 0.2) is 40.1 Å². The minimum Gasteiger partial charge on any atom is -0.490 e. The number of fused-ring (bicyclic) bond motifs is 1. The lowest BCUT2D eigenvalue weighted by molar-refractivity contribution is -0.121. The van der Waals surface area contributed by atoms with Gasteiger partial charge in [-0.1, -0.05) is 6.07 Å². The number of aromatic nitrogens is 1. The van der Waals surface area contributed by atoms with Crippen molar-refractivity contribution in [1.82, 2.24) is 10.3 Å². The van der Waals surface area contributed by atoms with Gasteiger partial charge < -0.3 is 19.2 Å². The van der Waals surface area contributed by atoms with Crippen molar-refractivity contribution in [3.05, 3.63) is 52.7 Å². The van der Waals surface area contributed by atoms with Crippen LogP contribution in [0.2, 0.25) is 0 Å². The molecule has 1 aromatic carbocycles. The van der Waals surface area contributed by atoms with Crippen LogP contribution in [0.5, 0.6) is 11.5 Å². The summed E-state index contributed by atoms with van der Waals surface area (Å²) in [6.07, 6.45) is 1.09. The molecule has 0 aliphatic carbocycles. The van der Waals surface area contributed by atoms with Crippen molar-refractivity contribution >= 4 is 17.2 Å². The zero-order chi connectivity index (χ0) is 19.5. The number of benzene rings is 1. The van der Waals surface area contributed by atoms with E-state index in [1.54, 1.807) is 0 Å². The van der Waals surface area contributed by atoms with E-state index in [0.29, 0.717) is 13.2 Å². The van der Waals surface area contributed by atoms with Crippen LogP contribution in [0.3, 0.4) is 0 Å². The maximum absolute atomic E-state index is 12.5. The van der Waals surface area contributed by atoms with E-state index in [2.05, 4.69) is 10.3 Å². The highest BCUT2D eigenvalue weighted by Crippen LogP contribution is 2.32. The van der Waals surface area contributed by atoms with Gasteiger partial charge in [0.15, 0.2) is 22.3 Å². The minimum atomic E-state index is -0.143. The molecule has 1 unspecified atom stereocenters. The van der Waals surface area contributed by atoms with E-state index in [1.165, 1.54) is 11.3 Å². The Morgan fingerprint density at radius 2 is 2.04 bits per heavy atom. The Balaban J connectivity index is 1.38. The first-order valence-corrected chi connectivity index (χ1v) is 10.2. The molecule has 3 aromatic rings. The second-order valence-corrected chi connectivity index (χ2v) is 7.64. The second-order valence-electron chi connectivity index (χ2n) is 6.78. The highest BCUT2D eigenvalue weighted by Gasteiger charge is 2.16. The largest absolute Gasteiger partial charge is 0.490 e. The van der Waals surface area contributed by atoms with Gasteiger partial charge in [0.25, 0.3) is 0 Å². The average molecular weight is 398 g/mol. The molecule has 6 nitrogen and oxygen atoms in total. The van der Waals surface area contributed by atoms with Gasteiger partial charge in [-0.15, -0.1) is 11.3 Å². The van der Waals surface area contributed by atoms with Crippen molar-refractivity contribution in [2.45, 2.75) is 32.7 Å². The molecular weight excluding hydrogens is 376 g/mol. The number of hydrogen-bond acceptors (Lipinski definition) is 6. The van der Waals surface area contributed by atoms with E-state index in [1.807, 2.05) is 49.6 Å². The van der Waals surface area contributed by atoms with E-state index >= 15 is 0 Å². The molecular formula is C21H22N2O4S. The summed E-state index contributed by atoms with van der Waals surface area (Å²) >= 11 is 1.48.